The number of rotatable bonds is 1. The first-order valence-corrected chi connectivity index (χ1v) is 2.00. The Labute approximate surface area is 52.8 Å². The van der Waals surface area contributed by atoms with E-state index in [1.807, 2.05) is 0 Å². The maximum Gasteiger partial charge on any atom is 0.330 e. The molecule has 0 aromatic heterocycles. The average Bonchev–Trinajstić information content (AvgIpc) is 1.68. The van der Waals surface area contributed by atoms with Crippen LogP contribution < -0.4 is 11.8 Å². The van der Waals surface area contributed by atoms with E-state index in [9.17, 15) is 4.79 Å². The molecule has 0 saturated heterocycles. The number of carboxylic acids is 1. The summed E-state index contributed by atoms with van der Waals surface area (Å²) in [6.07, 6.45) is 0. The second-order valence-electron chi connectivity index (χ2n) is 1.22. The monoisotopic (exact) mass is 134 g/mol. The van der Waals surface area contributed by atoms with Gasteiger partial charge in [-0.05, 0) is 6.92 Å². The minimum atomic E-state index is -0.935. The van der Waals surface area contributed by atoms with E-state index in [4.69, 9.17) is 5.11 Å². The molecule has 0 aliphatic carbocycles. The average molecular weight is 134 g/mol. The molecule has 0 unspecified atom stereocenters. The molecule has 9 heavy (non-hydrogen) atoms. The normalized spacial score (nSPS) is 7.00. The lowest BCUT2D eigenvalue weighted by Gasteiger charge is -1.79. The van der Waals surface area contributed by atoms with Crippen LogP contribution in [0.3, 0.4) is 0 Å². The van der Waals surface area contributed by atoms with E-state index >= 15 is 0 Å². The molecule has 54 valence electrons. The molecule has 0 aliphatic rings. The molecule has 0 amide bonds. The molecule has 0 fully saturated rings. The lowest BCUT2D eigenvalue weighted by Crippen LogP contribution is -2.03. The predicted octanol–water partition coefficient (Wildman–Crippen LogP) is -0.602. The van der Waals surface area contributed by atoms with Crippen LogP contribution in [0, 0.1) is 0 Å². The zero-order chi connectivity index (χ0) is 7.86. The molecule has 0 heterocycles. The number of nitrogens with two attached hydrogens (primary N) is 2. The van der Waals surface area contributed by atoms with Gasteiger partial charge in [-0.15, -0.1) is 0 Å². The van der Waals surface area contributed by atoms with E-state index in [2.05, 4.69) is 23.3 Å². The Hall–Kier alpha value is -0.910. The molecule has 0 rings (SSSR count). The van der Waals surface area contributed by atoms with Crippen LogP contribution >= 0.6 is 0 Å². The van der Waals surface area contributed by atoms with E-state index in [-0.39, 0.29) is 5.57 Å². The van der Waals surface area contributed by atoms with Gasteiger partial charge in [0, 0.05) is 5.57 Å². The third kappa shape index (κ3) is 19.2. The van der Waals surface area contributed by atoms with Crippen LogP contribution in [0.25, 0.3) is 0 Å². The number of carboxylic acid groups (broad SMARTS) is 1. The van der Waals surface area contributed by atoms with Crippen molar-refractivity contribution in [3.8, 4) is 0 Å². The van der Waals surface area contributed by atoms with Crippen LogP contribution in [0.2, 0.25) is 0 Å². The fraction of sp³-hybridized carbons (Fsp3) is 0.250. The van der Waals surface area contributed by atoms with Gasteiger partial charge in [-0.1, -0.05) is 6.58 Å². The van der Waals surface area contributed by atoms with Gasteiger partial charge in [-0.25, -0.2) is 9.73 Å². The first kappa shape index (κ1) is 11.0. The molecule has 5 nitrogen and oxygen atoms in total. The molecule has 0 radical (unpaired) electrons. The predicted molar refractivity (Wildman–Crippen MR) is 31.9 cm³/mol. The lowest BCUT2D eigenvalue weighted by molar-refractivity contribution is -0.132. The highest BCUT2D eigenvalue weighted by molar-refractivity contribution is 5.84. The third-order valence-corrected chi connectivity index (χ3v) is 0.365. The van der Waals surface area contributed by atoms with E-state index in [0.29, 0.717) is 0 Å². The quantitative estimate of drug-likeness (QED) is 0.328. The smallest absolute Gasteiger partial charge is 0.330 e. The Morgan fingerprint density at radius 1 is 1.67 bits per heavy atom. The van der Waals surface area contributed by atoms with Gasteiger partial charge >= 0.3 is 5.97 Å². The highest BCUT2D eigenvalue weighted by Gasteiger charge is 1.90. The summed E-state index contributed by atoms with van der Waals surface area (Å²) in [5.41, 5.74) is 0.176. The molecule has 0 aromatic carbocycles. The molecule has 5 heteroatoms. The van der Waals surface area contributed by atoms with Gasteiger partial charge in [0.2, 0.25) is 0 Å². The van der Waals surface area contributed by atoms with Crippen LogP contribution in [-0.2, 0) is 9.73 Å². The lowest BCUT2D eigenvalue weighted by atomic mass is 10.4. The highest BCUT2D eigenvalue weighted by Crippen LogP contribution is 1.81. The molecule has 0 aromatic rings. The molecule has 5 N–H and O–H groups in total. The standard InChI is InChI=1S/C4H6O2.H4N2O/c1-3(2)4(5)6;1-3-2/h1H2,2H3,(H,5,6);1-2H2. The number of hydrogen-bond donors (Lipinski definition) is 3. The first-order valence-electron chi connectivity index (χ1n) is 2.00. The number of aliphatic carboxylic acids is 1. The van der Waals surface area contributed by atoms with Crippen molar-refractivity contribution >= 4 is 5.97 Å². The molecule has 0 spiro atoms. The van der Waals surface area contributed by atoms with E-state index in [0.717, 1.165) is 0 Å². The van der Waals surface area contributed by atoms with E-state index in [1.165, 1.54) is 6.92 Å². The van der Waals surface area contributed by atoms with Gasteiger partial charge in [0.05, 0.1) is 0 Å². The minimum Gasteiger partial charge on any atom is -0.478 e. The maximum atomic E-state index is 9.60. The summed E-state index contributed by atoms with van der Waals surface area (Å²) < 4.78 is 0. The Morgan fingerprint density at radius 2 is 1.78 bits per heavy atom. The first-order chi connectivity index (χ1) is 4.06. The van der Waals surface area contributed by atoms with Crippen LogP contribution in [0.15, 0.2) is 12.2 Å². The number of hydrogen-bond acceptors (Lipinski definition) is 4. The summed E-state index contributed by atoms with van der Waals surface area (Å²) >= 11 is 0. The fourth-order valence-corrected chi connectivity index (χ4v) is 0. The minimum absolute atomic E-state index is 0.176. The highest BCUT2D eigenvalue weighted by atomic mass is 16.7. The Morgan fingerprint density at radius 3 is 1.78 bits per heavy atom. The molecule has 0 aliphatic heterocycles. The Balaban J connectivity index is 0. The second-order valence-corrected chi connectivity index (χ2v) is 1.22. The molecule has 0 atom stereocenters. The van der Waals surface area contributed by atoms with Gasteiger partial charge in [0.15, 0.2) is 0 Å². The van der Waals surface area contributed by atoms with Crippen molar-refractivity contribution in [3.05, 3.63) is 12.2 Å². The summed E-state index contributed by atoms with van der Waals surface area (Å²) in [6.45, 7) is 4.60. The number of carbonyl (C=O) groups is 1. The van der Waals surface area contributed by atoms with Crippen LogP contribution in [0.4, 0.5) is 0 Å². The molecular weight excluding hydrogens is 124 g/mol. The van der Waals surface area contributed by atoms with Gasteiger partial charge < -0.3 is 5.11 Å². The van der Waals surface area contributed by atoms with Gasteiger partial charge in [0.25, 0.3) is 0 Å². The van der Waals surface area contributed by atoms with Crippen LogP contribution in [0.5, 0.6) is 0 Å². The molecular formula is C4H10N2O3. The van der Waals surface area contributed by atoms with Crippen molar-refractivity contribution in [2.75, 3.05) is 0 Å². The summed E-state index contributed by atoms with van der Waals surface area (Å²) in [5.74, 6) is 7.31. The SMILES string of the molecule is C=C(C)C(=O)O.NON. The maximum absolute atomic E-state index is 9.60. The van der Waals surface area contributed by atoms with E-state index in [1.54, 1.807) is 0 Å². The van der Waals surface area contributed by atoms with Crippen molar-refractivity contribution < 1.29 is 14.8 Å². The zero-order valence-electron chi connectivity index (χ0n) is 5.13. The van der Waals surface area contributed by atoms with Crippen LogP contribution in [-0.4, -0.2) is 11.1 Å². The summed E-state index contributed by atoms with van der Waals surface area (Å²) in [6, 6.07) is 0. The topological polar surface area (TPSA) is 98.6 Å². The van der Waals surface area contributed by atoms with Crippen molar-refractivity contribution in [2.45, 2.75) is 6.92 Å². The molecule has 0 bridgehead atoms. The summed E-state index contributed by atoms with van der Waals surface area (Å²) in [7, 11) is 0. The van der Waals surface area contributed by atoms with E-state index < -0.39 is 5.97 Å². The Kier molecular flexibility index (Phi) is 8.64. The van der Waals surface area contributed by atoms with Gasteiger partial charge in [-0.2, -0.15) is 11.8 Å². The summed E-state index contributed by atoms with van der Waals surface area (Å²) in [4.78, 5) is 12.8. The van der Waals surface area contributed by atoms with Crippen molar-refractivity contribution in [1.82, 2.24) is 0 Å². The van der Waals surface area contributed by atoms with Crippen LogP contribution in [0.1, 0.15) is 6.92 Å². The van der Waals surface area contributed by atoms with Crippen molar-refractivity contribution in [1.29, 1.82) is 0 Å². The third-order valence-electron chi connectivity index (χ3n) is 0.365. The van der Waals surface area contributed by atoms with Crippen molar-refractivity contribution in [3.63, 3.8) is 0 Å². The summed E-state index contributed by atoms with van der Waals surface area (Å²) in [5, 5.41) is 7.89. The fourth-order valence-electron chi connectivity index (χ4n) is 0. The van der Waals surface area contributed by atoms with Gasteiger partial charge in [-0.3, -0.25) is 0 Å². The van der Waals surface area contributed by atoms with Crippen molar-refractivity contribution in [2.24, 2.45) is 11.8 Å². The zero-order valence-corrected chi connectivity index (χ0v) is 5.13. The molecule has 0 saturated carbocycles. The van der Waals surface area contributed by atoms with Gasteiger partial charge in [0.1, 0.15) is 0 Å². The Bertz CT molecular complexity index is 90.0. The second kappa shape index (κ2) is 7.09. The largest absolute Gasteiger partial charge is 0.478 e.